The van der Waals surface area contributed by atoms with Crippen molar-refractivity contribution in [1.29, 1.82) is 0 Å². The van der Waals surface area contributed by atoms with Crippen LogP contribution in [0, 0.1) is 13.8 Å². The van der Waals surface area contributed by atoms with E-state index in [0.29, 0.717) is 17.2 Å². The Labute approximate surface area is 129 Å². The number of thiophene rings is 1. The van der Waals surface area contributed by atoms with E-state index in [-0.39, 0.29) is 18.4 Å². The summed E-state index contributed by atoms with van der Waals surface area (Å²) in [6.45, 7) is 7.87. The third-order valence-corrected chi connectivity index (χ3v) is 4.35. The van der Waals surface area contributed by atoms with Crippen LogP contribution >= 0.6 is 11.3 Å². The van der Waals surface area contributed by atoms with Gasteiger partial charge in [-0.1, -0.05) is 13.3 Å². The molecule has 0 aliphatic heterocycles. The maximum Gasteiger partial charge on any atom is 0.341 e. The van der Waals surface area contributed by atoms with Crippen LogP contribution in [-0.4, -0.2) is 24.5 Å². The van der Waals surface area contributed by atoms with Gasteiger partial charge < -0.3 is 15.8 Å². The fraction of sp³-hybridized carbons (Fsp3) is 0.600. The molecule has 0 aliphatic rings. The molecule has 1 rings (SSSR count). The average molecular weight is 312 g/mol. The van der Waals surface area contributed by atoms with Gasteiger partial charge in [-0.15, -0.1) is 11.3 Å². The quantitative estimate of drug-likeness (QED) is 0.758. The lowest BCUT2D eigenvalue weighted by atomic mass is 10.1. The number of nitrogens with one attached hydrogen (secondary N) is 1. The van der Waals surface area contributed by atoms with Gasteiger partial charge in [0.25, 0.3) is 0 Å². The summed E-state index contributed by atoms with van der Waals surface area (Å²) in [5.74, 6) is -0.560. The van der Waals surface area contributed by atoms with E-state index in [1.165, 1.54) is 11.3 Å². The molecular weight excluding hydrogens is 288 g/mol. The molecule has 0 spiro atoms. The molecule has 21 heavy (non-hydrogen) atoms. The number of anilines is 1. The Hall–Kier alpha value is -1.40. The molecule has 0 fully saturated rings. The first-order valence-electron chi connectivity index (χ1n) is 7.23. The third kappa shape index (κ3) is 4.82. The number of carbonyl (C=O) groups excluding carboxylic acids is 2. The first kappa shape index (κ1) is 17.7. The molecule has 1 atom stereocenters. The van der Waals surface area contributed by atoms with Crippen LogP contribution in [0.1, 0.15) is 53.9 Å². The minimum absolute atomic E-state index is 0.150. The molecule has 118 valence electrons. The highest BCUT2D eigenvalue weighted by molar-refractivity contribution is 7.16. The normalized spacial score (nSPS) is 12.0. The number of hydrogen-bond donors (Lipinski definition) is 2. The van der Waals surface area contributed by atoms with Gasteiger partial charge in [-0.2, -0.15) is 0 Å². The summed E-state index contributed by atoms with van der Waals surface area (Å²) in [6.07, 6.45) is 2.01. The standard InChI is InChI=1S/C15H24N2O3S/c1-5-7-11(16)8-12(18)17-14-13(15(19)20-6-2)9(3)10(4)21-14/h11H,5-8,16H2,1-4H3,(H,17,18). The van der Waals surface area contributed by atoms with E-state index in [9.17, 15) is 9.59 Å². The summed E-state index contributed by atoms with van der Waals surface area (Å²) >= 11 is 1.39. The SMILES string of the molecule is CCCC(N)CC(=O)Nc1sc(C)c(C)c1C(=O)OCC. The van der Waals surface area contributed by atoms with E-state index in [1.807, 2.05) is 20.8 Å². The molecule has 3 N–H and O–H groups in total. The number of rotatable bonds is 7. The second-order valence-electron chi connectivity index (χ2n) is 5.01. The van der Waals surface area contributed by atoms with Crippen molar-refractivity contribution in [2.75, 3.05) is 11.9 Å². The van der Waals surface area contributed by atoms with Gasteiger partial charge in [0.2, 0.25) is 5.91 Å². The smallest absolute Gasteiger partial charge is 0.341 e. The number of nitrogens with two attached hydrogens (primary N) is 1. The molecule has 5 nitrogen and oxygen atoms in total. The molecule has 1 aromatic rings. The highest BCUT2D eigenvalue weighted by Gasteiger charge is 2.22. The van der Waals surface area contributed by atoms with Crippen molar-refractivity contribution in [3.8, 4) is 0 Å². The van der Waals surface area contributed by atoms with E-state index < -0.39 is 5.97 Å². The van der Waals surface area contributed by atoms with Crippen molar-refractivity contribution in [3.63, 3.8) is 0 Å². The molecule has 1 heterocycles. The van der Waals surface area contributed by atoms with Gasteiger partial charge in [0.15, 0.2) is 0 Å². The van der Waals surface area contributed by atoms with E-state index in [0.717, 1.165) is 23.3 Å². The van der Waals surface area contributed by atoms with Crippen LogP contribution < -0.4 is 11.1 Å². The van der Waals surface area contributed by atoms with Gasteiger partial charge in [-0.25, -0.2) is 4.79 Å². The van der Waals surface area contributed by atoms with E-state index in [4.69, 9.17) is 10.5 Å². The Morgan fingerprint density at radius 1 is 1.33 bits per heavy atom. The van der Waals surface area contributed by atoms with Crippen molar-refractivity contribution < 1.29 is 14.3 Å². The fourth-order valence-electron chi connectivity index (χ4n) is 2.05. The fourth-order valence-corrected chi connectivity index (χ4v) is 3.12. The zero-order chi connectivity index (χ0) is 16.0. The lowest BCUT2D eigenvalue weighted by Gasteiger charge is -2.11. The molecule has 0 saturated heterocycles. The van der Waals surface area contributed by atoms with Crippen molar-refractivity contribution in [2.45, 2.75) is 53.0 Å². The summed E-state index contributed by atoms with van der Waals surface area (Å²) in [4.78, 5) is 25.0. The largest absolute Gasteiger partial charge is 0.462 e. The van der Waals surface area contributed by atoms with Gasteiger partial charge in [-0.05, 0) is 32.8 Å². The molecule has 1 unspecified atom stereocenters. The van der Waals surface area contributed by atoms with Crippen molar-refractivity contribution >= 4 is 28.2 Å². The van der Waals surface area contributed by atoms with Crippen LogP contribution in [0.2, 0.25) is 0 Å². The van der Waals surface area contributed by atoms with Gasteiger partial charge in [-0.3, -0.25) is 4.79 Å². The highest BCUT2D eigenvalue weighted by Crippen LogP contribution is 2.33. The number of carbonyl (C=O) groups is 2. The number of ether oxygens (including phenoxy) is 1. The Morgan fingerprint density at radius 2 is 2.00 bits per heavy atom. The highest BCUT2D eigenvalue weighted by atomic mass is 32.1. The Bertz CT molecular complexity index is 511. The zero-order valence-corrected chi connectivity index (χ0v) is 13.9. The van der Waals surface area contributed by atoms with E-state index in [2.05, 4.69) is 5.32 Å². The molecule has 0 saturated carbocycles. The minimum atomic E-state index is -0.396. The van der Waals surface area contributed by atoms with Gasteiger partial charge >= 0.3 is 5.97 Å². The Morgan fingerprint density at radius 3 is 2.57 bits per heavy atom. The Kier molecular flexibility index (Phi) is 6.84. The number of amides is 1. The van der Waals surface area contributed by atoms with Crippen molar-refractivity contribution in [3.05, 3.63) is 16.0 Å². The predicted molar refractivity (Wildman–Crippen MR) is 85.9 cm³/mol. The average Bonchev–Trinajstić information content (AvgIpc) is 2.64. The first-order valence-corrected chi connectivity index (χ1v) is 8.04. The summed E-state index contributed by atoms with van der Waals surface area (Å²) in [5.41, 5.74) is 7.18. The topological polar surface area (TPSA) is 81.4 Å². The third-order valence-electron chi connectivity index (χ3n) is 3.22. The summed E-state index contributed by atoms with van der Waals surface area (Å²) in [7, 11) is 0. The van der Waals surface area contributed by atoms with Crippen LogP contribution in [0.15, 0.2) is 0 Å². The summed E-state index contributed by atoms with van der Waals surface area (Å²) < 4.78 is 5.06. The molecule has 0 aliphatic carbocycles. The van der Waals surface area contributed by atoms with Crippen LogP contribution in [0.3, 0.4) is 0 Å². The maximum absolute atomic E-state index is 12.0. The van der Waals surface area contributed by atoms with Crippen LogP contribution in [0.5, 0.6) is 0 Å². The second-order valence-corrected chi connectivity index (χ2v) is 6.23. The Balaban J connectivity index is 2.85. The lowest BCUT2D eigenvalue weighted by molar-refractivity contribution is -0.116. The molecule has 1 aromatic heterocycles. The molecular formula is C15H24N2O3S. The molecule has 0 bridgehead atoms. The van der Waals surface area contributed by atoms with Gasteiger partial charge in [0.1, 0.15) is 5.00 Å². The number of hydrogen-bond acceptors (Lipinski definition) is 5. The van der Waals surface area contributed by atoms with Crippen LogP contribution in [0.4, 0.5) is 5.00 Å². The van der Waals surface area contributed by atoms with Crippen molar-refractivity contribution in [1.82, 2.24) is 0 Å². The zero-order valence-electron chi connectivity index (χ0n) is 13.1. The minimum Gasteiger partial charge on any atom is -0.462 e. The van der Waals surface area contributed by atoms with E-state index in [1.54, 1.807) is 6.92 Å². The van der Waals surface area contributed by atoms with Gasteiger partial charge in [0, 0.05) is 17.3 Å². The lowest BCUT2D eigenvalue weighted by Crippen LogP contribution is -2.27. The summed E-state index contributed by atoms with van der Waals surface area (Å²) in [5, 5.41) is 3.35. The number of aryl methyl sites for hydroxylation is 1. The van der Waals surface area contributed by atoms with E-state index >= 15 is 0 Å². The monoisotopic (exact) mass is 312 g/mol. The van der Waals surface area contributed by atoms with Gasteiger partial charge in [0.05, 0.1) is 12.2 Å². The number of esters is 1. The van der Waals surface area contributed by atoms with Crippen LogP contribution in [0.25, 0.3) is 0 Å². The first-order chi connectivity index (χ1) is 9.90. The molecule has 0 aromatic carbocycles. The molecule has 0 radical (unpaired) electrons. The van der Waals surface area contributed by atoms with Crippen molar-refractivity contribution in [2.24, 2.45) is 5.73 Å². The molecule has 1 amide bonds. The maximum atomic E-state index is 12.0. The second kappa shape index (κ2) is 8.14. The van der Waals surface area contributed by atoms with Crippen LogP contribution in [-0.2, 0) is 9.53 Å². The predicted octanol–water partition coefficient (Wildman–Crippen LogP) is 3.00. The summed E-state index contributed by atoms with van der Waals surface area (Å²) in [6, 6.07) is -0.150. The molecule has 6 heteroatoms.